The third kappa shape index (κ3) is 4.00. The molecule has 0 radical (unpaired) electrons. The highest BCUT2D eigenvalue weighted by Gasteiger charge is 2.44. The van der Waals surface area contributed by atoms with Crippen molar-refractivity contribution < 1.29 is 14.3 Å². The monoisotopic (exact) mass is 442 g/mol. The van der Waals surface area contributed by atoms with Crippen LogP contribution in [0.5, 0.6) is 0 Å². The van der Waals surface area contributed by atoms with Crippen LogP contribution in [0.3, 0.4) is 0 Å². The zero-order chi connectivity index (χ0) is 22.7. The number of thioether (sulfide) groups is 1. The summed E-state index contributed by atoms with van der Waals surface area (Å²) in [4.78, 5) is 25.6. The van der Waals surface area contributed by atoms with Crippen LogP contribution in [0.25, 0.3) is 10.8 Å². The summed E-state index contributed by atoms with van der Waals surface area (Å²) < 4.78 is 4.92. The van der Waals surface area contributed by atoms with Gasteiger partial charge in [0, 0.05) is 11.7 Å². The molecule has 32 heavy (non-hydrogen) atoms. The Morgan fingerprint density at radius 1 is 1.09 bits per heavy atom. The van der Waals surface area contributed by atoms with E-state index in [9.17, 15) is 14.9 Å². The lowest BCUT2D eigenvalue weighted by atomic mass is 9.77. The van der Waals surface area contributed by atoms with Crippen LogP contribution in [0.4, 0.5) is 0 Å². The topological polar surface area (TPSA) is 79.2 Å². The van der Waals surface area contributed by atoms with Crippen molar-refractivity contribution >= 4 is 34.4 Å². The maximum atomic E-state index is 13.0. The number of aryl methyl sites for hydroxylation is 1. The summed E-state index contributed by atoms with van der Waals surface area (Å²) in [7, 11) is 1.26. The van der Waals surface area contributed by atoms with Crippen LogP contribution in [-0.2, 0) is 20.1 Å². The molecule has 0 fully saturated rings. The highest BCUT2D eigenvalue weighted by molar-refractivity contribution is 8.02. The van der Waals surface area contributed by atoms with Crippen LogP contribution < -0.4 is 5.32 Å². The highest BCUT2D eigenvalue weighted by atomic mass is 32.2. The van der Waals surface area contributed by atoms with E-state index in [0.29, 0.717) is 16.4 Å². The molecule has 1 aliphatic rings. The lowest BCUT2D eigenvalue weighted by molar-refractivity contribution is -0.150. The average molecular weight is 443 g/mol. The zero-order valence-corrected chi connectivity index (χ0v) is 18.6. The molecular formula is C26H22N2O3S. The summed E-state index contributed by atoms with van der Waals surface area (Å²) in [6, 6.07) is 24.0. The SMILES string of the molecule is COC(=O)[C@H]1C(=O)NC(SCc2cccc3ccccc23)=C(C#N)[C@H]1c1ccccc1C. The van der Waals surface area contributed by atoms with E-state index in [4.69, 9.17) is 4.74 Å². The van der Waals surface area contributed by atoms with Crippen LogP contribution >= 0.6 is 11.8 Å². The van der Waals surface area contributed by atoms with Gasteiger partial charge in [-0.3, -0.25) is 9.59 Å². The Bertz CT molecular complexity index is 1270. The normalized spacial score (nSPS) is 18.2. The number of amides is 1. The van der Waals surface area contributed by atoms with Crippen molar-refractivity contribution in [3.05, 3.63) is 94.0 Å². The molecule has 5 nitrogen and oxygen atoms in total. The molecule has 0 aromatic heterocycles. The Morgan fingerprint density at radius 2 is 1.81 bits per heavy atom. The number of methoxy groups -OCH3 is 1. The van der Waals surface area contributed by atoms with Crippen molar-refractivity contribution in [1.82, 2.24) is 5.32 Å². The average Bonchev–Trinajstić information content (AvgIpc) is 2.82. The third-order valence-electron chi connectivity index (χ3n) is 5.76. The van der Waals surface area contributed by atoms with Gasteiger partial charge in [-0.15, -0.1) is 11.8 Å². The Balaban J connectivity index is 1.76. The first-order valence-corrected chi connectivity index (χ1v) is 11.2. The largest absolute Gasteiger partial charge is 0.468 e. The first-order valence-electron chi connectivity index (χ1n) is 10.2. The number of nitrogens with zero attached hydrogens (tertiary/aromatic N) is 1. The summed E-state index contributed by atoms with van der Waals surface area (Å²) in [6.45, 7) is 1.91. The maximum Gasteiger partial charge on any atom is 0.319 e. The van der Waals surface area contributed by atoms with Crippen molar-refractivity contribution in [3.63, 3.8) is 0 Å². The van der Waals surface area contributed by atoms with Gasteiger partial charge in [0.1, 0.15) is 5.92 Å². The van der Waals surface area contributed by atoms with E-state index in [-0.39, 0.29) is 0 Å². The fourth-order valence-corrected chi connectivity index (χ4v) is 5.21. The van der Waals surface area contributed by atoms with Crippen molar-refractivity contribution in [2.45, 2.75) is 18.6 Å². The minimum atomic E-state index is -1.11. The van der Waals surface area contributed by atoms with Crippen LogP contribution in [0.15, 0.2) is 77.3 Å². The van der Waals surface area contributed by atoms with Gasteiger partial charge in [-0.1, -0.05) is 66.7 Å². The molecule has 3 aromatic rings. The molecule has 6 heteroatoms. The Labute approximate surface area is 191 Å². The van der Waals surface area contributed by atoms with Gasteiger partial charge in [-0.25, -0.2) is 0 Å². The first kappa shape index (κ1) is 21.7. The molecule has 3 aromatic carbocycles. The second kappa shape index (κ2) is 9.29. The van der Waals surface area contributed by atoms with Crippen LogP contribution in [0.2, 0.25) is 0 Å². The predicted octanol–water partition coefficient (Wildman–Crippen LogP) is 4.82. The molecule has 0 saturated carbocycles. The Kier molecular flexibility index (Phi) is 6.29. The molecular weight excluding hydrogens is 420 g/mol. The van der Waals surface area contributed by atoms with Crippen molar-refractivity contribution in [3.8, 4) is 6.07 Å². The number of carbonyl (C=O) groups is 2. The molecule has 1 aliphatic heterocycles. The number of benzene rings is 3. The molecule has 0 spiro atoms. The van der Waals surface area contributed by atoms with Gasteiger partial charge < -0.3 is 10.1 Å². The smallest absolute Gasteiger partial charge is 0.319 e. The van der Waals surface area contributed by atoms with Gasteiger partial charge in [0.05, 0.1) is 23.8 Å². The Hall–Kier alpha value is -3.56. The number of esters is 1. The lowest BCUT2D eigenvalue weighted by Crippen LogP contribution is -2.44. The summed E-state index contributed by atoms with van der Waals surface area (Å²) in [6.07, 6.45) is 0. The van der Waals surface area contributed by atoms with Crippen LogP contribution in [-0.4, -0.2) is 19.0 Å². The van der Waals surface area contributed by atoms with Crippen molar-refractivity contribution in [2.24, 2.45) is 5.92 Å². The molecule has 0 bridgehead atoms. The van der Waals surface area contributed by atoms with Gasteiger partial charge in [0.2, 0.25) is 5.91 Å². The minimum Gasteiger partial charge on any atom is -0.468 e. The van der Waals surface area contributed by atoms with E-state index in [1.54, 1.807) is 0 Å². The van der Waals surface area contributed by atoms with Crippen LogP contribution in [0, 0.1) is 24.2 Å². The van der Waals surface area contributed by atoms with Gasteiger partial charge in [0.25, 0.3) is 0 Å². The van der Waals surface area contributed by atoms with E-state index in [0.717, 1.165) is 27.5 Å². The Morgan fingerprint density at radius 3 is 2.56 bits per heavy atom. The molecule has 2 atom stereocenters. The fraction of sp³-hybridized carbons (Fsp3) is 0.192. The molecule has 0 aliphatic carbocycles. The molecule has 1 N–H and O–H groups in total. The molecule has 160 valence electrons. The van der Waals surface area contributed by atoms with E-state index in [1.807, 2.05) is 55.5 Å². The first-order chi connectivity index (χ1) is 15.5. The molecule has 0 unspecified atom stereocenters. The number of hydrogen-bond acceptors (Lipinski definition) is 5. The van der Waals surface area contributed by atoms with Crippen molar-refractivity contribution in [2.75, 3.05) is 7.11 Å². The van der Waals surface area contributed by atoms with Crippen molar-refractivity contribution in [1.29, 1.82) is 5.26 Å². The van der Waals surface area contributed by atoms with E-state index >= 15 is 0 Å². The maximum absolute atomic E-state index is 13.0. The van der Waals surface area contributed by atoms with Crippen LogP contribution in [0.1, 0.15) is 22.6 Å². The number of nitrogens with one attached hydrogen (secondary N) is 1. The number of rotatable bonds is 5. The van der Waals surface area contributed by atoms with E-state index < -0.39 is 23.7 Å². The quantitative estimate of drug-likeness (QED) is 0.453. The summed E-state index contributed by atoms with van der Waals surface area (Å²) in [5.41, 5.74) is 3.17. The number of ether oxygens (including phenoxy) is 1. The minimum absolute atomic E-state index is 0.375. The summed E-state index contributed by atoms with van der Waals surface area (Å²) >= 11 is 1.40. The second-order valence-corrected chi connectivity index (χ2v) is 8.59. The van der Waals surface area contributed by atoms with Gasteiger partial charge in [-0.05, 0) is 34.4 Å². The second-order valence-electron chi connectivity index (χ2n) is 7.61. The predicted molar refractivity (Wildman–Crippen MR) is 125 cm³/mol. The fourth-order valence-electron chi connectivity index (χ4n) is 4.16. The van der Waals surface area contributed by atoms with Gasteiger partial charge in [0.15, 0.2) is 0 Å². The summed E-state index contributed by atoms with van der Waals surface area (Å²) in [5.74, 6) is -2.34. The molecule has 1 amide bonds. The van der Waals surface area contributed by atoms with E-state index in [1.165, 1.54) is 18.9 Å². The van der Waals surface area contributed by atoms with E-state index in [2.05, 4.69) is 29.6 Å². The molecule has 1 heterocycles. The lowest BCUT2D eigenvalue weighted by Gasteiger charge is -2.31. The third-order valence-corrected chi connectivity index (χ3v) is 6.83. The number of hydrogen-bond donors (Lipinski definition) is 1. The van der Waals surface area contributed by atoms with Gasteiger partial charge >= 0.3 is 5.97 Å². The summed E-state index contributed by atoms with van der Waals surface area (Å²) in [5, 5.41) is 15.6. The zero-order valence-electron chi connectivity index (χ0n) is 17.8. The number of carbonyl (C=O) groups excluding carboxylic acids is 2. The molecule has 4 rings (SSSR count). The highest BCUT2D eigenvalue weighted by Crippen LogP contribution is 2.42. The number of fused-ring (bicyclic) bond motifs is 1. The standard InChI is InChI=1S/C26H22N2O3S/c1-16-8-3-5-12-19(16)22-21(14-27)25(28-24(29)23(22)26(30)31-2)32-15-18-11-7-10-17-9-4-6-13-20(17)18/h3-13,22-23H,15H2,1-2H3,(H,28,29)/t22-,23-/m1/s1. The number of nitriles is 1. The molecule has 0 saturated heterocycles. The number of allylic oxidation sites excluding steroid dienone is 1. The van der Waals surface area contributed by atoms with Gasteiger partial charge in [-0.2, -0.15) is 5.26 Å².